The van der Waals surface area contributed by atoms with Crippen LogP contribution in [0.1, 0.15) is 0 Å². The molecule has 2 aromatic rings. The van der Waals surface area contributed by atoms with Gasteiger partial charge in [0.25, 0.3) is 0 Å². The highest BCUT2D eigenvalue weighted by molar-refractivity contribution is 5.68. The van der Waals surface area contributed by atoms with Crippen LogP contribution in [0.3, 0.4) is 0 Å². The third-order valence-corrected chi connectivity index (χ3v) is 2.29. The first-order valence-corrected chi connectivity index (χ1v) is 4.69. The summed E-state index contributed by atoms with van der Waals surface area (Å²) in [5.41, 5.74) is 5.05. The van der Waals surface area contributed by atoms with Crippen LogP contribution in [0, 0.1) is 23.3 Å². The van der Waals surface area contributed by atoms with E-state index in [1.807, 2.05) is 0 Å². The number of hydrogen-bond donors (Lipinski definition) is 1. The second-order valence-corrected chi connectivity index (χ2v) is 3.49. The maximum absolute atomic E-state index is 13.4. The molecule has 2 rings (SSSR count). The number of halogens is 4. The molecular formula is C12H7F4N. The van der Waals surface area contributed by atoms with Crippen molar-refractivity contribution in [1.82, 2.24) is 0 Å². The Morgan fingerprint density at radius 2 is 1.24 bits per heavy atom. The Morgan fingerprint density at radius 3 is 1.94 bits per heavy atom. The fourth-order valence-electron chi connectivity index (χ4n) is 1.48. The van der Waals surface area contributed by atoms with Crippen molar-refractivity contribution < 1.29 is 17.6 Å². The van der Waals surface area contributed by atoms with E-state index >= 15 is 0 Å². The van der Waals surface area contributed by atoms with Gasteiger partial charge in [-0.05, 0) is 24.3 Å². The lowest BCUT2D eigenvalue weighted by Gasteiger charge is -2.06. The molecular weight excluding hydrogens is 234 g/mol. The number of rotatable bonds is 1. The second kappa shape index (κ2) is 4.08. The number of nitrogens with two attached hydrogens (primary N) is 1. The summed E-state index contributed by atoms with van der Waals surface area (Å²) >= 11 is 0. The normalized spacial score (nSPS) is 10.6. The van der Waals surface area contributed by atoms with Crippen molar-refractivity contribution in [3.8, 4) is 11.1 Å². The van der Waals surface area contributed by atoms with Crippen molar-refractivity contribution in [2.45, 2.75) is 0 Å². The van der Waals surface area contributed by atoms with E-state index in [1.54, 1.807) is 0 Å². The predicted octanol–water partition coefficient (Wildman–Crippen LogP) is 3.49. The van der Waals surface area contributed by atoms with E-state index in [2.05, 4.69) is 0 Å². The molecule has 88 valence electrons. The van der Waals surface area contributed by atoms with Gasteiger partial charge in [-0.3, -0.25) is 0 Å². The third kappa shape index (κ3) is 2.08. The van der Waals surface area contributed by atoms with Crippen LogP contribution in [0.4, 0.5) is 23.2 Å². The van der Waals surface area contributed by atoms with Gasteiger partial charge in [0.05, 0.1) is 0 Å². The highest BCUT2D eigenvalue weighted by atomic mass is 19.2. The minimum atomic E-state index is -1.32. The molecule has 0 bridgehead atoms. The Balaban J connectivity index is 2.68. The molecule has 0 aliphatic rings. The lowest BCUT2D eigenvalue weighted by molar-refractivity contribution is 0.495. The average Bonchev–Trinajstić information content (AvgIpc) is 2.27. The highest BCUT2D eigenvalue weighted by Gasteiger charge is 2.14. The van der Waals surface area contributed by atoms with E-state index in [-0.39, 0.29) is 16.8 Å². The predicted molar refractivity (Wildman–Crippen MR) is 56.1 cm³/mol. The average molecular weight is 241 g/mol. The van der Waals surface area contributed by atoms with Gasteiger partial charge < -0.3 is 5.73 Å². The van der Waals surface area contributed by atoms with Crippen molar-refractivity contribution in [2.75, 3.05) is 5.73 Å². The number of nitrogen functional groups attached to an aromatic ring is 1. The molecule has 0 aliphatic heterocycles. The second-order valence-electron chi connectivity index (χ2n) is 3.49. The fourth-order valence-corrected chi connectivity index (χ4v) is 1.48. The summed E-state index contributed by atoms with van der Waals surface area (Å²) in [5, 5.41) is 0. The zero-order valence-corrected chi connectivity index (χ0v) is 8.48. The Kier molecular flexibility index (Phi) is 2.75. The van der Waals surface area contributed by atoms with Crippen LogP contribution < -0.4 is 5.73 Å². The summed E-state index contributed by atoms with van der Waals surface area (Å²) < 4.78 is 52.5. The van der Waals surface area contributed by atoms with E-state index in [4.69, 9.17) is 5.73 Å². The molecule has 0 atom stereocenters. The van der Waals surface area contributed by atoms with Crippen LogP contribution in [0.2, 0.25) is 0 Å². The first kappa shape index (κ1) is 11.4. The summed E-state index contributed by atoms with van der Waals surface area (Å²) in [6, 6.07) is 4.45. The van der Waals surface area contributed by atoms with Crippen LogP contribution in [0.25, 0.3) is 11.1 Å². The molecule has 0 saturated carbocycles. The smallest absolute Gasteiger partial charge is 0.161 e. The summed E-state index contributed by atoms with van der Waals surface area (Å²) in [6.45, 7) is 0. The van der Waals surface area contributed by atoms with Gasteiger partial charge in [0.15, 0.2) is 11.6 Å². The molecule has 0 unspecified atom stereocenters. The Morgan fingerprint density at radius 1 is 0.647 bits per heavy atom. The molecule has 17 heavy (non-hydrogen) atoms. The highest BCUT2D eigenvalue weighted by Crippen LogP contribution is 2.28. The van der Waals surface area contributed by atoms with E-state index in [1.165, 1.54) is 6.07 Å². The van der Waals surface area contributed by atoms with Crippen LogP contribution >= 0.6 is 0 Å². The Labute approximate surface area is 94.5 Å². The summed E-state index contributed by atoms with van der Waals surface area (Å²) in [4.78, 5) is 0. The molecule has 0 aliphatic carbocycles. The van der Waals surface area contributed by atoms with Gasteiger partial charge >= 0.3 is 0 Å². The van der Waals surface area contributed by atoms with Crippen molar-refractivity contribution in [2.24, 2.45) is 0 Å². The van der Waals surface area contributed by atoms with Crippen LogP contribution in [-0.4, -0.2) is 0 Å². The van der Waals surface area contributed by atoms with E-state index < -0.39 is 23.3 Å². The van der Waals surface area contributed by atoms with Crippen LogP contribution in [0.15, 0.2) is 30.3 Å². The first-order valence-electron chi connectivity index (χ1n) is 4.69. The standard InChI is InChI=1S/C12H7F4N/c13-9-2-1-6(17)3-7(9)8-4-11(15)12(16)5-10(8)14/h1-5H,17H2. The molecule has 2 N–H and O–H groups in total. The van der Waals surface area contributed by atoms with E-state index in [0.717, 1.165) is 12.1 Å². The lowest BCUT2D eigenvalue weighted by atomic mass is 10.0. The maximum Gasteiger partial charge on any atom is 0.161 e. The zero-order valence-electron chi connectivity index (χ0n) is 8.48. The van der Waals surface area contributed by atoms with Crippen LogP contribution in [0.5, 0.6) is 0 Å². The monoisotopic (exact) mass is 241 g/mol. The largest absolute Gasteiger partial charge is 0.399 e. The van der Waals surface area contributed by atoms with Gasteiger partial charge in [0.1, 0.15) is 11.6 Å². The topological polar surface area (TPSA) is 26.0 Å². The van der Waals surface area contributed by atoms with Gasteiger partial charge in [-0.2, -0.15) is 0 Å². The Bertz CT molecular complexity index is 581. The molecule has 0 aromatic heterocycles. The zero-order chi connectivity index (χ0) is 12.6. The quantitative estimate of drug-likeness (QED) is 0.461. The Hall–Kier alpha value is -2.04. The molecule has 1 nitrogen and oxygen atoms in total. The molecule has 0 heterocycles. The van der Waals surface area contributed by atoms with Crippen molar-refractivity contribution in [1.29, 1.82) is 0 Å². The SMILES string of the molecule is Nc1ccc(F)c(-c2cc(F)c(F)cc2F)c1. The van der Waals surface area contributed by atoms with Gasteiger partial charge in [0, 0.05) is 22.9 Å². The van der Waals surface area contributed by atoms with Gasteiger partial charge in [-0.25, -0.2) is 17.6 Å². The summed E-state index contributed by atoms with van der Waals surface area (Å²) in [7, 11) is 0. The molecule has 5 heteroatoms. The minimum absolute atomic E-state index is 0.200. The molecule has 0 amide bonds. The summed E-state index contributed by atoms with van der Waals surface area (Å²) in [6.07, 6.45) is 0. The number of hydrogen-bond acceptors (Lipinski definition) is 1. The fraction of sp³-hybridized carbons (Fsp3) is 0. The maximum atomic E-state index is 13.4. The van der Waals surface area contributed by atoms with E-state index in [0.29, 0.717) is 12.1 Å². The molecule has 0 saturated heterocycles. The molecule has 0 fully saturated rings. The van der Waals surface area contributed by atoms with Gasteiger partial charge in [-0.1, -0.05) is 0 Å². The minimum Gasteiger partial charge on any atom is -0.399 e. The van der Waals surface area contributed by atoms with Crippen LogP contribution in [-0.2, 0) is 0 Å². The lowest BCUT2D eigenvalue weighted by Crippen LogP contribution is -1.95. The van der Waals surface area contributed by atoms with E-state index in [9.17, 15) is 17.6 Å². The van der Waals surface area contributed by atoms with Crippen molar-refractivity contribution in [3.63, 3.8) is 0 Å². The molecule has 0 radical (unpaired) electrons. The van der Waals surface area contributed by atoms with Gasteiger partial charge in [-0.15, -0.1) is 0 Å². The number of anilines is 1. The summed E-state index contributed by atoms with van der Waals surface area (Å²) in [5.74, 6) is -4.38. The third-order valence-electron chi connectivity index (χ3n) is 2.29. The van der Waals surface area contributed by atoms with Crippen molar-refractivity contribution >= 4 is 5.69 Å². The number of benzene rings is 2. The molecule has 0 spiro atoms. The molecule has 2 aromatic carbocycles. The van der Waals surface area contributed by atoms with Gasteiger partial charge in [0.2, 0.25) is 0 Å². The van der Waals surface area contributed by atoms with Crippen molar-refractivity contribution in [3.05, 3.63) is 53.6 Å². The first-order chi connectivity index (χ1) is 7.99.